The molecule has 3 aliphatic rings. The lowest BCUT2D eigenvalue weighted by Crippen LogP contribution is -2.45. The highest BCUT2D eigenvalue weighted by molar-refractivity contribution is 5.14. The highest BCUT2D eigenvalue weighted by Gasteiger charge is 2.65. The van der Waals surface area contributed by atoms with E-state index in [1.54, 1.807) is 0 Å². The Labute approximate surface area is 67.2 Å². The Kier molecular flexibility index (Phi) is 1.24. The third-order valence-electron chi connectivity index (χ3n) is 3.99. The molecule has 0 aromatic heterocycles. The molecule has 2 heteroatoms. The normalized spacial score (nSPS) is 52.4. The molecule has 2 N–H and O–H groups in total. The van der Waals surface area contributed by atoms with E-state index in [1.165, 1.54) is 0 Å². The maximum atomic E-state index is 9.90. The molecule has 3 rings (SSSR count). The first-order valence-electron chi connectivity index (χ1n) is 4.34. The minimum atomic E-state index is -0.742. The van der Waals surface area contributed by atoms with Crippen molar-refractivity contribution in [1.82, 2.24) is 0 Å². The molecule has 3 unspecified atom stereocenters. The fraction of sp³-hybridized carbons (Fsp3) is 1.00. The van der Waals surface area contributed by atoms with Crippen LogP contribution in [0.2, 0.25) is 0 Å². The molecule has 0 saturated heterocycles. The van der Waals surface area contributed by atoms with Crippen molar-refractivity contribution < 1.29 is 10.2 Å². The van der Waals surface area contributed by atoms with Crippen molar-refractivity contribution in [2.45, 2.75) is 32.3 Å². The van der Waals surface area contributed by atoms with E-state index in [4.69, 9.17) is 5.11 Å². The van der Waals surface area contributed by atoms with Gasteiger partial charge in [-0.05, 0) is 30.1 Å². The Bertz CT molecular complexity index is 188. The second-order valence-electron chi connectivity index (χ2n) is 4.77. The van der Waals surface area contributed by atoms with Gasteiger partial charge in [-0.3, -0.25) is 0 Å². The molecule has 0 aromatic carbocycles. The first-order valence-corrected chi connectivity index (χ1v) is 4.34. The first-order chi connectivity index (χ1) is 5.00. The zero-order chi connectivity index (χ0) is 8.28. The molecule has 0 heterocycles. The van der Waals surface area contributed by atoms with Gasteiger partial charge in [0, 0.05) is 0 Å². The fourth-order valence-corrected chi connectivity index (χ4v) is 3.02. The SMILES string of the molecule is CC1(C)C2CC1C(O)(CO)C2. The lowest BCUT2D eigenvalue weighted by atomic mass is 9.59. The third kappa shape index (κ3) is 0.695. The predicted octanol–water partition coefficient (Wildman–Crippen LogP) is 0.776. The molecule has 3 atom stereocenters. The van der Waals surface area contributed by atoms with Gasteiger partial charge in [-0.2, -0.15) is 0 Å². The summed E-state index contributed by atoms with van der Waals surface area (Å²) in [5.74, 6) is 0.981. The Balaban J connectivity index is 2.23. The molecule has 3 saturated carbocycles. The molecule has 3 aliphatic carbocycles. The summed E-state index contributed by atoms with van der Waals surface area (Å²) in [7, 11) is 0. The van der Waals surface area contributed by atoms with Crippen molar-refractivity contribution in [3.05, 3.63) is 0 Å². The Morgan fingerprint density at radius 3 is 2.27 bits per heavy atom. The number of aliphatic hydroxyl groups is 2. The summed E-state index contributed by atoms with van der Waals surface area (Å²) in [4.78, 5) is 0. The van der Waals surface area contributed by atoms with Crippen molar-refractivity contribution in [3.63, 3.8) is 0 Å². The molecule has 0 spiro atoms. The van der Waals surface area contributed by atoms with Crippen LogP contribution >= 0.6 is 0 Å². The van der Waals surface area contributed by atoms with Gasteiger partial charge in [0.05, 0.1) is 12.2 Å². The van der Waals surface area contributed by atoms with Gasteiger partial charge < -0.3 is 10.2 Å². The monoisotopic (exact) mass is 156 g/mol. The van der Waals surface area contributed by atoms with Crippen LogP contribution in [0.3, 0.4) is 0 Å². The minimum absolute atomic E-state index is 0.0579. The van der Waals surface area contributed by atoms with Crippen LogP contribution in [0.1, 0.15) is 26.7 Å². The number of rotatable bonds is 1. The molecule has 64 valence electrons. The van der Waals surface area contributed by atoms with Crippen LogP contribution in [-0.4, -0.2) is 22.4 Å². The van der Waals surface area contributed by atoms with Crippen LogP contribution in [0, 0.1) is 17.3 Å². The highest BCUT2D eigenvalue weighted by atomic mass is 16.3. The van der Waals surface area contributed by atoms with Gasteiger partial charge >= 0.3 is 0 Å². The molecule has 11 heavy (non-hydrogen) atoms. The van der Waals surface area contributed by atoms with Gasteiger partial charge in [-0.1, -0.05) is 13.8 Å². The Morgan fingerprint density at radius 1 is 1.45 bits per heavy atom. The molecule has 0 amide bonds. The van der Waals surface area contributed by atoms with Gasteiger partial charge in [0.1, 0.15) is 0 Å². The van der Waals surface area contributed by atoms with E-state index in [9.17, 15) is 5.11 Å². The van der Waals surface area contributed by atoms with Crippen LogP contribution in [0.4, 0.5) is 0 Å². The summed E-state index contributed by atoms with van der Waals surface area (Å²) < 4.78 is 0. The van der Waals surface area contributed by atoms with E-state index in [1.807, 2.05) is 0 Å². The number of aliphatic hydroxyl groups excluding tert-OH is 1. The minimum Gasteiger partial charge on any atom is -0.393 e. The van der Waals surface area contributed by atoms with E-state index in [0.29, 0.717) is 11.8 Å². The van der Waals surface area contributed by atoms with Crippen molar-refractivity contribution in [2.75, 3.05) is 6.61 Å². The lowest BCUT2D eigenvalue weighted by Gasteiger charge is -2.46. The standard InChI is InChI=1S/C9H16O2/c1-8(2)6-3-7(8)9(11,4-6)5-10/h6-7,10-11H,3-5H2,1-2H3. The average Bonchev–Trinajstić information content (AvgIpc) is 2.39. The van der Waals surface area contributed by atoms with Crippen molar-refractivity contribution in [1.29, 1.82) is 0 Å². The smallest absolute Gasteiger partial charge is 0.0913 e. The van der Waals surface area contributed by atoms with Gasteiger partial charge in [0.25, 0.3) is 0 Å². The predicted molar refractivity (Wildman–Crippen MR) is 42.0 cm³/mol. The van der Waals surface area contributed by atoms with Crippen LogP contribution in [0.15, 0.2) is 0 Å². The number of hydrogen-bond donors (Lipinski definition) is 2. The highest BCUT2D eigenvalue weighted by Crippen LogP contribution is 2.65. The zero-order valence-corrected chi connectivity index (χ0v) is 7.17. The maximum Gasteiger partial charge on any atom is 0.0913 e. The van der Waals surface area contributed by atoms with Gasteiger partial charge in [-0.15, -0.1) is 0 Å². The molecule has 2 bridgehead atoms. The first kappa shape index (κ1) is 7.56. The van der Waals surface area contributed by atoms with E-state index in [-0.39, 0.29) is 12.0 Å². The summed E-state index contributed by atoms with van der Waals surface area (Å²) in [5.41, 5.74) is -0.467. The van der Waals surface area contributed by atoms with Crippen LogP contribution in [-0.2, 0) is 0 Å². The van der Waals surface area contributed by atoms with Crippen LogP contribution < -0.4 is 0 Å². The fourth-order valence-electron chi connectivity index (χ4n) is 3.02. The topological polar surface area (TPSA) is 40.5 Å². The van der Waals surface area contributed by atoms with E-state index in [2.05, 4.69) is 13.8 Å². The summed E-state index contributed by atoms with van der Waals surface area (Å²) in [6.45, 7) is 4.33. The molecule has 2 nitrogen and oxygen atoms in total. The third-order valence-corrected chi connectivity index (χ3v) is 3.99. The summed E-state index contributed by atoms with van der Waals surface area (Å²) >= 11 is 0. The summed E-state index contributed by atoms with van der Waals surface area (Å²) in [6.07, 6.45) is 1.92. The van der Waals surface area contributed by atoms with Gasteiger partial charge in [0.15, 0.2) is 0 Å². The zero-order valence-electron chi connectivity index (χ0n) is 7.17. The second kappa shape index (κ2) is 1.80. The quantitative estimate of drug-likeness (QED) is 0.589. The molecular formula is C9H16O2. The Morgan fingerprint density at radius 2 is 2.09 bits per heavy atom. The van der Waals surface area contributed by atoms with E-state index >= 15 is 0 Å². The number of hydrogen-bond acceptors (Lipinski definition) is 2. The van der Waals surface area contributed by atoms with Crippen molar-refractivity contribution in [3.8, 4) is 0 Å². The molecule has 3 fully saturated rings. The van der Waals surface area contributed by atoms with E-state index in [0.717, 1.165) is 12.8 Å². The molecule has 0 aliphatic heterocycles. The van der Waals surface area contributed by atoms with Gasteiger partial charge in [-0.25, -0.2) is 0 Å². The molecule has 0 aromatic rings. The maximum absolute atomic E-state index is 9.90. The number of fused-ring (bicyclic) bond motifs is 1. The summed E-state index contributed by atoms with van der Waals surface area (Å²) in [6, 6.07) is 0. The van der Waals surface area contributed by atoms with E-state index < -0.39 is 5.60 Å². The lowest BCUT2D eigenvalue weighted by molar-refractivity contribution is -0.0793. The Hall–Kier alpha value is -0.0800. The van der Waals surface area contributed by atoms with Crippen LogP contribution in [0.5, 0.6) is 0 Å². The second-order valence-corrected chi connectivity index (χ2v) is 4.77. The van der Waals surface area contributed by atoms with Gasteiger partial charge in [0.2, 0.25) is 0 Å². The summed E-state index contributed by atoms with van der Waals surface area (Å²) in [5, 5.41) is 18.9. The molecular weight excluding hydrogens is 140 g/mol. The van der Waals surface area contributed by atoms with Crippen LogP contribution in [0.25, 0.3) is 0 Å². The van der Waals surface area contributed by atoms with Crippen molar-refractivity contribution in [2.24, 2.45) is 17.3 Å². The average molecular weight is 156 g/mol. The molecule has 0 radical (unpaired) electrons. The largest absolute Gasteiger partial charge is 0.393 e. The van der Waals surface area contributed by atoms with Crippen molar-refractivity contribution >= 4 is 0 Å².